The molecule has 0 unspecified atom stereocenters. The number of methoxy groups -OCH3 is 1. The summed E-state index contributed by atoms with van der Waals surface area (Å²) in [5, 5.41) is 2.86. The van der Waals surface area contributed by atoms with Gasteiger partial charge in [-0.15, -0.1) is 0 Å². The van der Waals surface area contributed by atoms with Gasteiger partial charge in [0, 0.05) is 32.6 Å². The predicted molar refractivity (Wildman–Crippen MR) is 111 cm³/mol. The summed E-state index contributed by atoms with van der Waals surface area (Å²) in [4.78, 5) is 25.8. The minimum Gasteiger partial charge on any atom is -0.497 e. The molecule has 1 aromatic heterocycles. The van der Waals surface area contributed by atoms with Crippen molar-refractivity contribution in [2.45, 2.75) is 19.9 Å². The van der Waals surface area contributed by atoms with Gasteiger partial charge in [-0.05, 0) is 31.2 Å². The highest BCUT2D eigenvalue weighted by atomic mass is 16.5. The summed E-state index contributed by atoms with van der Waals surface area (Å²) >= 11 is 0. The van der Waals surface area contributed by atoms with E-state index >= 15 is 0 Å². The van der Waals surface area contributed by atoms with Gasteiger partial charge >= 0.3 is 6.03 Å². The number of nitrogens with zero attached hydrogens (tertiary/aromatic N) is 4. The number of nitrogens with one attached hydrogen (secondary N) is 1. The average Bonchev–Trinajstić information content (AvgIpc) is 2.80. The van der Waals surface area contributed by atoms with E-state index in [9.17, 15) is 4.79 Å². The van der Waals surface area contributed by atoms with Crippen LogP contribution in [0.2, 0.25) is 0 Å². The fraction of sp³-hybridized carbons (Fsp3) is 0.476. The monoisotopic (exact) mass is 413 g/mol. The van der Waals surface area contributed by atoms with Crippen LogP contribution in [0.4, 0.5) is 10.7 Å². The smallest absolute Gasteiger partial charge is 0.317 e. The molecule has 3 heterocycles. The number of hydrogen-bond donors (Lipinski definition) is 1. The number of ether oxygens (including phenoxy) is 3. The second-order valence-corrected chi connectivity index (χ2v) is 7.14. The van der Waals surface area contributed by atoms with E-state index in [0.717, 1.165) is 30.1 Å². The molecular weight excluding hydrogens is 386 g/mol. The number of urea groups is 1. The molecule has 9 heteroatoms. The average molecular weight is 413 g/mol. The lowest BCUT2D eigenvalue weighted by Crippen LogP contribution is -2.43. The van der Waals surface area contributed by atoms with E-state index in [1.54, 1.807) is 12.0 Å². The summed E-state index contributed by atoms with van der Waals surface area (Å²) in [5.41, 5.74) is 1.77. The van der Waals surface area contributed by atoms with Crippen molar-refractivity contribution in [2.75, 3.05) is 51.4 Å². The molecule has 9 nitrogen and oxygen atoms in total. The number of rotatable bonds is 5. The van der Waals surface area contributed by atoms with Crippen molar-refractivity contribution < 1.29 is 19.0 Å². The lowest BCUT2D eigenvalue weighted by Gasteiger charge is -2.31. The van der Waals surface area contributed by atoms with Crippen LogP contribution in [0.1, 0.15) is 18.2 Å². The molecule has 0 bridgehead atoms. The zero-order chi connectivity index (χ0) is 20.9. The molecule has 1 saturated heterocycles. The number of benzene rings is 1. The second kappa shape index (κ2) is 9.17. The molecule has 1 N–H and O–H groups in total. The molecule has 4 rings (SSSR count). The lowest BCUT2D eigenvalue weighted by atomic mass is 10.1. The maximum absolute atomic E-state index is 12.4. The van der Waals surface area contributed by atoms with Gasteiger partial charge in [-0.2, -0.15) is 4.98 Å². The van der Waals surface area contributed by atoms with Gasteiger partial charge in [-0.1, -0.05) is 0 Å². The number of carbonyl (C=O) groups is 1. The summed E-state index contributed by atoms with van der Waals surface area (Å²) in [5.74, 6) is 2.54. The Hall–Kier alpha value is -3.07. The Morgan fingerprint density at radius 1 is 1.13 bits per heavy atom. The number of morpholine rings is 1. The largest absolute Gasteiger partial charge is 0.497 e. The Balaban J connectivity index is 1.66. The number of anilines is 1. The topological polar surface area (TPSA) is 89.1 Å². The number of fused-ring (bicyclic) bond motifs is 1. The standard InChI is InChI=1S/C21H27N5O4/c1-3-22-21(27)26-9-8-18-17(14-26)19(30-16-6-4-15(28-2)5-7-16)24-20(23-18)25-10-12-29-13-11-25/h4-7H,3,8-14H2,1-2H3,(H,22,27). The third-order valence-electron chi connectivity index (χ3n) is 5.19. The van der Waals surface area contributed by atoms with Gasteiger partial charge < -0.3 is 29.3 Å². The minimum atomic E-state index is -0.0872. The normalized spacial score (nSPS) is 16.1. The van der Waals surface area contributed by atoms with E-state index in [1.807, 2.05) is 31.2 Å². The highest BCUT2D eigenvalue weighted by Gasteiger charge is 2.28. The molecule has 2 aliphatic rings. The highest BCUT2D eigenvalue weighted by Crippen LogP contribution is 2.32. The van der Waals surface area contributed by atoms with Gasteiger partial charge in [0.05, 0.1) is 38.1 Å². The maximum atomic E-state index is 12.4. The lowest BCUT2D eigenvalue weighted by molar-refractivity contribution is 0.122. The maximum Gasteiger partial charge on any atom is 0.317 e. The van der Waals surface area contributed by atoms with Gasteiger partial charge in [0.1, 0.15) is 11.5 Å². The van der Waals surface area contributed by atoms with E-state index in [-0.39, 0.29) is 6.03 Å². The summed E-state index contributed by atoms with van der Waals surface area (Å²) in [7, 11) is 1.63. The molecule has 0 radical (unpaired) electrons. The zero-order valence-corrected chi connectivity index (χ0v) is 17.4. The van der Waals surface area contributed by atoms with E-state index in [1.165, 1.54) is 0 Å². The molecule has 30 heavy (non-hydrogen) atoms. The molecule has 2 aliphatic heterocycles. The first-order valence-corrected chi connectivity index (χ1v) is 10.2. The first-order valence-electron chi connectivity index (χ1n) is 10.2. The zero-order valence-electron chi connectivity index (χ0n) is 17.4. The fourth-order valence-electron chi connectivity index (χ4n) is 3.55. The van der Waals surface area contributed by atoms with Gasteiger partial charge in [0.15, 0.2) is 0 Å². The Bertz CT molecular complexity index is 884. The van der Waals surface area contributed by atoms with Gasteiger partial charge in [-0.3, -0.25) is 0 Å². The molecule has 160 valence electrons. The SMILES string of the molecule is CCNC(=O)N1CCc2nc(N3CCOCC3)nc(Oc3ccc(OC)cc3)c2C1. The van der Waals surface area contributed by atoms with Crippen LogP contribution >= 0.6 is 0 Å². The molecule has 2 aromatic rings. The van der Waals surface area contributed by atoms with Crippen molar-refractivity contribution in [3.8, 4) is 17.4 Å². The van der Waals surface area contributed by atoms with Crippen LogP contribution < -0.4 is 19.7 Å². The van der Waals surface area contributed by atoms with E-state index in [0.29, 0.717) is 56.8 Å². The van der Waals surface area contributed by atoms with Gasteiger partial charge in [-0.25, -0.2) is 9.78 Å². The summed E-state index contributed by atoms with van der Waals surface area (Å²) in [6, 6.07) is 7.27. The van der Waals surface area contributed by atoms with Crippen LogP contribution in [0.15, 0.2) is 24.3 Å². The van der Waals surface area contributed by atoms with Crippen molar-refractivity contribution in [1.29, 1.82) is 0 Å². The van der Waals surface area contributed by atoms with E-state index in [2.05, 4.69) is 10.2 Å². The van der Waals surface area contributed by atoms with Crippen molar-refractivity contribution in [1.82, 2.24) is 20.2 Å². The molecule has 1 fully saturated rings. The third-order valence-corrected chi connectivity index (χ3v) is 5.19. The Morgan fingerprint density at radius 2 is 1.87 bits per heavy atom. The second-order valence-electron chi connectivity index (χ2n) is 7.14. The number of carbonyl (C=O) groups excluding carboxylic acids is 1. The molecule has 0 spiro atoms. The van der Waals surface area contributed by atoms with Crippen LogP contribution in [-0.4, -0.2) is 67.4 Å². The van der Waals surface area contributed by atoms with Crippen molar-refractivity contribution in [3.63, 3.8) is 0 Å². The van der Waals surface area contributed by atoms with Crippen LogP contribution in [0.25, 0.3) is 0 Å². The molecule has 2 amide bonds. The first kappa shape index (κ1) is 20.2. The van der Waals surface area contributed by atoms with Crippen molar-refractivity contribution >= 4 is 12.0 Å². The van der Waals surface area contributed by atoms with Crippen LogP contribution in [0.3, 0.4) is 0 Å². The van der Waals surface area contributed by atoms with E-state index < -0.39 is 0 Å². The highest BCUT2D eigenvalue weighted by molar-refractivity contribution is 5.74. The Labute approximate surface area is 176 Å². The number of amides is 2. The van der Waals surface area contributed by atoms with Crippen LogP contribution in [-0.2, 0) is 17.7 Å². The minimum absolute atomic E-state index is 0.0872. The van der Waals surface area contributed by atoms with E-state index in [4.69, 9.17) is 24.2 Å². The molecule has 0 saturated carbocycles. The predicted octanol–water partition coefficient (Wildman–Crippen LogP) is 2.20. The van der Waals surface area contributed by atoms with Crippen molar-refractivity contribution in [3.05, 3.63) is 35.5 Å². The molecule has 1 aromatic carbocycles. The van der Waals surface area contributed by atoms with Crippen molar-refractivity contribution in [2.24, 2.45) is 0 Å². The number of aromatic nitrogens is 2. The van der Waals surface area contributed by atoms with Crippen LogP contribution in [0.5, 0.6) is 17.4 Å². The van der Waals surface area contributed by atoms with Gasteiger partial charge in [0.2, 0.25) is 11.8 Å². The molecule has 0 atom stereocenters. The third kappa shape index (κ3) is 4.40. The summed E-state index contributed by atoms with van der Waals surface area (Å²) < 4.78 is 16.8. The van der Waals surface area contributed by atoms with Gasteiger partial charge in [0.25, 0.3) is 0 Å². The fourth-order valence-corrected chi connectivity index (χ4v) is 3.55. The first-order chi connectivity index (χ1) is 14.7. The quantitative estimate of drug-likeness (QED) is 0.804. The molecular formula is C21H27N5O4. The van der Waals surface area contributed by atoms with Crippen LogP contribution in [0, 0.1) is 0 Å². The Morgan fingerprint density at radius 3 is 2.57 bits per heavy atom. The molecule has 0 aliphatic carbocycles. The summed E-state index contributed by atoms with van der Waals surface area (Å²) in [6.07, 6.45) is 0.658. The Kier molecular flexibility index (Phi) is 6.18. The number of hydrogen-bond acceptors (Lipinski definition) is 7. The summed E-state index contributed by atoms with van der Waals surface area (Å²) in [6.45, 7) is 6.31.